The molecule has 7 heteroatoms. The minimum atomic E-state index is -4.32. The SMILES string of the molecule is O=C([O-])NCCS(=O)(=O)[O-]. The Labute approximate surface area is 57.6 Å². The fraction of sp³-hybridized carbons (Fsp3) is 0.667. The summed E-state index contributed by atoms with van der Waals surface area (Å²) in [6.45, 7) is -0.422. The van der Waals surface area contributed by atoms with Crippen molar-refractivity contribution in [3.63, 3.8) is 0 Å². The fourth-order valence-corrected chi connectivity index (χ4v) is 0.630. The summed E-state index contributed by atoms with van der Waals surface area (Å²) < 4.78 is 29.4. The lowest BCUT2D eigenvalue weighted by atomic mass is 10.7. The van der Waals surface area contributed by atoms with E-state index in [-0.39, 0.29) is 0 Å². The lowest BCUT2D eigenvalue weighted by Crippen LogP contribution is -2.38. The van der Waals surface area contributed by atoms with Gasteiger partial charge in [-0.25, -0.2) is 8.42 Å². The van der Waals surface area contributed by atoms with Crippen LogP contribution in [0.4, 0.5) is 4.79 Å². The van der Waals surface area contributed by atoms with Gasteiger partial charge >= 0.3 is 0 Å². The number of nitrogens with one attached hydrogen (secondary N) is 1. The maximum absolute atomic E-state index is 9.80. The van der Waals surface area contributed by atoms with Gasteiger partial charge < -0.3 is 19.8 Å². The highest BCUT2D eigenvalue weighted by Crippen LogP contribution is 1.76. The van der Waals surface area contributed by atoms with Gasteiger partial charge in [-0.3, -0.25) is 0 Å². The van der Waals surface area contributed by atoms with Gasteiger partial charge in [-0.15, -0.1) is 0 Å². The van der Waals surface area contributed by atoms with Crippen molar-refractivity contribution >= 4 is 16.2 Å². The summed E-state index contributed by atoms with van der Waals surface area (Å²) in [6, 6.07) is 0. The van der Waals surface area contributed by atoms with Gasteiger partial charge in [-0.2, -0.15) is 0 Å². The van der Waals surface area contributed by atoms with Gasteiger partial charge in [0.1, 0.15) is 6.09 Å². The highest BCUT2D eigenvalue weighted by atomic mass is 32.2. The van der Waals surface area contributed by atoms with Crippen LogP contribution in [0.1, 0.15) is 0 Å². The third-order valence-electron chi connectivity index (χ3n) is 0.621. The zero-order valence-electron chi connectivity index (χ0n) is 4.86. The molecule has 0 bridgehead atoms. The summed E-state index contributed by atoms with van der Waals surface area (Å²) in [7, 11) is -4.32. The monoisotopic (exact) mass is 167 g/mol. The van der Waals surface area contributed by atoms with Crippen LogP contribution in [0.15, 0.2) is 0 Å². The number of amides is 1. The lowest BCUT2D eigenvalue weighted by molar-refractivity contribution is -0.250. The second-order valence-corrected chi connectivity index (χ2v) is 3.00. The summed E-state index contributed by atoms with van der Waals surface area (Å²) in [6.07, 6.45) is -1.59. The molecule has 0 aliphatic carbocycles. The molecule has 0 unspecified atom stereocenters. The molecule has 10 heavy (non-hydrogen) atoms. The molecule has 0 aromatic carbocycles. The molecule has 0 aliphatic rings. The Hall–Kier alpha value is -0.820. The molecule has 6 nitrogen and oxygen atoms in total. The number of carbonyl (C=O) groups excluding carboxylic acids is 1. The van der Waals surface area contributed by atoms with Crippen molar-refractivity contribution in [2.75, 3.05) is 12.3 Å². The fourth-order valence-electron chi connectivity index (χ4n) is 0.278. The van der Waals surface area contributed by atoms with E-state index < -0.39 is 28.5 Å². The molecule has 0 atom stereocenters. The molecule has 0 heterocycles. The Morgan fingerprint density at radius 2 is 2.00 bits per heavy atom. The number of rotatable bonds is 3. The molecule has 1 N–H and O–H groups in total. The first-order chi connectivity index (χ1) is 4.42. The van der Waals surface area contributed by atoms with Crippen molar-refractivity contribution in [2.45, 2.75) is 0 Å². The molecule has 1 amide bonds. The Morgan fingerprint density at radius 1 is 1.50 bits per heavy atom. The van der Waals surface area contributed by atoms with Crippen molar-refractivity contribution in [1.82, 2.24) is 5.32 Å². The van der Waals surface area contributed by atoms with Crippen LogP contribution in [0.25, 0.3) is 0 Å². The predicted octanol–water partition coefficient (Wildman–Crippen LogP) is -2.54. The van der Waals surface area contributed by atoms with E-state index in [4.69, 9.17) is 0 Å². The average molecular weight is 167 g/mol. The molecule has 0 radical (unpaired) electrons. The Morgan fingerprint density at radius 3 is 2.30 bits per heavy atom. The smallest absolute Gasteiger partial charge is 0.134 e. The van der Waals surface area contributed by atoms with Gasteiger partial charge in [-0.05, 0) is 0 Å². The topological polar surface area (TPSA) is 109 Å². The van der Waals surface area contributed by atoms with E-state index in [1.807, 2.05) is 0 Å². The first-order valence-electron chi connectivity index (χ1n) is 2.30. The summed E-state index contributed by atoms with van der Waals surface area (Å²) >= 11 is 0. The first kappa shape index (κ1) is 9.18. The minimum absolute atomic E-state index is 0.422. The van der Waals surface area contributed by atoms with Crippen LogP contribution in [0.2, 0.25) is 0 Å². The van der Waals surface area contributed by atoms with Crippen molar-refractivity contribution in [1.29, 1.82) is 0 Å². The Balaban J connectivity index is 3.49. The molecule has 0 saturated carbocycles. The lowest BCUT2D eigenvalue weighted by Gasteiger charge is -2.08. The van der Waals surface area contributed by atoms with Crippen LogP contribution >= 0.6 is 0 Å². The molecule has 0 aliphatic heterocycles. The standard InChI is InChI=1S/C3H7NO5S/c5-3(6)4-1-2-10(7,8)9/h4H,1-2H2,(H,5,6)(H,7,8,9)/p-2. The molecule has 0 aromatic rings. The zero-order chi connectivity index (χ0) is 8.20. The van der Waals surface area contributed by atoms with Crippen LogP contribution in [-0.4, -0.2) is 31.4 Å². The second-order valence-electron chi connectivity index (χ2n) is 1.48. The van der Waals surface area contributed by atoms with Gasteiger partial charge in [0.2, 0.25) is 0 Å². The molecular weight excluding hydrogens is 162 g/mol. The van der Waals surface area contributed by atoms with E-state index in [0.29, 0.717) is 0 Å². The van der Waals surface area contributed by atoms with Crippen LogP contribution in [-0.2, 0) is 10.1 Å². The van der Waals surface area contributed by atoms with Crippen LogP contribution in [0, 0.1) is 0 Å². The maximum atomic E-state index is 9.80. The van der Waals surface area contributed by atoms with Crippen LogP contribution in [0.3, 0.4) is 0 Å². The van der Waals surface area contributed by atoms with Gasteiger partial charge in [0.05, 0.1) is 15.9 Å². The van der Waals surface area contributed by atoms with E-state index in [0.717, 1.165) is 0 Å². The van der Waals surface area contributed by atoms with E-state index >= 15 is 0 Å². The third kappa shape index (κ3) is 7.18. The van der Waals surface area contributed by atoms with E-state index in [1.54, 1.807) is 5.32 Å². The Kier molecular flexibility index (Phi) is 3.10. The van der Waals surface area contributed by atoms with Gasteiger partial charge in [0, 0.05) is 6.54 Å². The van der Waals surface area contributed by atoms with Gasteiger partial charge in [-0.1, -0.05) is 0 Å². The first-order valence-corrected chi connectivity index (χ1v) is 3.88. The number of hydrogen-bond acceptors (Lipinski definition) is 5. The average Bonchev–Trinajstić information content (AvgIpc) is 1.59. The number of hydrogen-bond donors (Lipinski definition) is 1. The molecular formula is C3H5NO5S-2. The highest BCUT2D eigenvalue weighted by Gasteiger charge is 1.92. The molecule has 0 fully saturated rings. The summed E-state index contributed by atoms with van der Waals surface area (Å²) in [5.74, 6) is -0.749. The van der Waals surface area contributed by atoms with Crippen molar-refractivity contribution in [3.05, 3.63) is 0 Å². The summed E-state index contributed by atoms with van der Waals surface area (Å²) in [4.78, 5) is 9.57. The normalized spacial score (nSPS) is 10.9. The van der Waals surface area contributed by atoms with E-state index in [9.17, 15) is 22.9 Å². The van der Waals surface area contributed by atoms with Gasteiger partial charge in [0.25, 0.3) is 0 Å². The third-order valence-corrected chi connectivity index (χ3v) is 1.33. The highest BCUT2D eigenvalue weighted by molar-refractivity contribution is 7.85. The van der Waals surface area contributed by atoms with Crippen LogP contribution in [0.5, 0.6) is 0 Å². The van der Waals surface area contributed by atoms with E-state index in [2.05, 4.69) is 0 Å². The molecule has 0 spiro atoms. The predicted molar refractivity (Wildman–Crippen MR) is 28.0 cm³/mol. The number of carboxylic acid groups (broad SMARTS) is 1. The quantitative estimate of drug-likeness (QED) is 0.466. The largest absolute Gasteiger partial charge is 0.748 e. The molecule has 0 saturated heterocycles. The molecule has 60 valence electrons. The number of carbonyl (C=O) groups is 1. The van der Waals surface area contributed by atoms with Crippen molar-refractivity contribution in [3.8, 4) is 0 Å². The van der Waals surface area contributed by atoms with Crippen molar-refractivity contribution < 1.29 is 22.9 Å². The summed E-state index contributed by atoms with van der Waals surface area (Å²) in [5, 5.41) is 11.2. The second kappa shape index (κ2) is 3.37. The van der Waals surface area contributed by atoms with Crippen LogP contribution < -0.4 is 10.4 Å². The minimum Gasteiger partial charge on any atom is -0.748 e. The Bertz CT molecular complexity index is 207. The van der Waals surface area contributed by atoms with Crippen molar-refractivity contribution in [2.24, 2.45) is 0 Å². The zero-order valence-corrected chi connectivity index (χ0v) is 5.68. The van der Waals surface area contributed by atoms with E-state index in [1.165, 1.54) is 0 Å². The summed E-state index contributed by atoms with van der Waals surface area (Å²) in [5.41, 5.74) is 0. The molecule has 0 rings (SSSR count). The maximum Gasteiger partial charge on any atom is 0.134 e. The molecule has 0 aromatic heterocycles. The van der Waals surface area contributed by atoms with Gasteiger partial charge in [0.15, 0.2) is 0 Å².